The predicted octanol–water partition coefficient (Wildman–Crippen LogP) is 0.747. The number of hydrogen-bond acceptors (Lipinski definition) is 2. The van der Waals surface area contributed by atoms with Gasteiger partial charge in [-0.1, -0.05) is 0 Å². The third kappa shape index (κ3) is 3.27. The normalized spacial score (nSPS) is 10.2. The molecule has 0 rings (SSSR count). The van der Waals surface area contributed by atoms with Crippen molar-refractivity contribution in [2.75, 3.05) is 6.67 Å². The summed E-state index contributed by atoms with van der Waals surface area (Å²) in [6, 6.07) is 0. The van der Waals surface area contributed by atoms with E-state index in [0.29, 0.717) is 6.92 Å². The zero-order valence-corrected chi connectivity index (χ0v) is 9.25. The molecule has 0 unspecified atom stereocenters. The molecule has 0 aromatic heterocycles. The summed E-state index contributed by atoms with van der Waals surface area (Å²) in [7, 11) is 0. The Hall–Kier alpha value is 0.000130. The molecule has 0 aliphatic carbocycles. The molecule has 0 aromatic rings. The van der Waals surface area contributed by atoms with Gasteiger partial charge in [-0.25, -0.2) is 4.39 Å². The Morgan fingerprint density at radius 1 is 1.36 bits per heavy atom. The molecule has 0 atom stereocenters. The van der Waals surface area contributed by atoms with Gasteiger partial charge in [-0.2, -0.15) is 8.78 Å². The fourth-order valence-electron chi connectivity index (χ4n) is 0.280. The summed E-state index contributed by atoms with van der Waals surface area (Å²) in [5, 5.41) is 0. The molecule has 0 radical (unpaired) electrons. The van der Waals surface area contributed by atoms with Gasteiger partial charge in [-0.15, -0.1) is 0 Å². The molecular weight excluding hydrogens is 328 g/mol. The molecule has 0 aliphatic rings. The number of alkyl halides is 3. The summed E-state index contributed by atoms with van der Waals surface area (Å²) >= 11 is 0. The third-order valence-corrected chi connectivity index (χ3v) is 0.914. The molecule has 0 heterocycles. The molecule has 0 bridgehead atoms. The van der Waals surface area contributed by atoms with Crippen LogP contribution in [0.4, 0.5) is 13.2 Å². The van der Waals surface area contributed by atoms with Crippen molar-refractivity contribution in [2.24, 2.45) is 0 Å². The van der Waals surface area contributed by atoms with Crippen LogP contribution in [0.5, 0.6) is 0 Å². The van der Waals surface area contributed by atoms with Gasteiger partial charge in [-0.05, 0) is 0 Å². The minimum Gasteiger partial charge on any atom is -0.293 e. The number of halogens is 3. The van der Waals surface area contributed by atoms with E-state index >= 15 is 0 Å². The Balaban J connectivity index is 0. The van der Waals surface area contributed by atoms with E-state index in [1.165, 1.54) is 0 Å². The molecule has 0 aliphatic heterocycles. The molecular formula is C5H5F3HfO2. The molecule has 11 heavy (non-hydrogen) atoms. The number of rotatable bonds is 3. The van der Waals surface area contributed by atoms with Crippen LogP contribution in [0.2, 0.25) is 0 Å². The van der Waals surface area contributed by atoms with Gasteiger partial charge in [0.05, 0.1) is 0 Å². The summed E-state index contributed by atoms with van der Waals surface area (Å²) in [5.41, 5.74) is 0. The Labute approximate surface area is 79.9 Å². The minimum atomic E-state index is -4.14. The van der Waals surface area contributed by atoms with E-state index in [1.807, 2.05) is 0 Å². The van der Waals surface area contributed by atoms with Crippen LogP contribution in [0.25, 0.3) is 0 Å². The van der Waals surface area contributed by atoms with Gasteiger partial charge in [0.2, 0.25) is 11.6 Å². The Bertz CT molecular complexity index is 169. The fourth-order valence-corrected chi connectivity index (χ4v) is 0.280. The van der Waals surface area contributed by atoms with Crippen LogP contribution in [-0.4, -0.2) is 24.2 Å². The van der Waals surface area contributed by atoms with E-state index < -0.39 is 24.2 Å². The average molecular weight is 333 g/mol. The van der Waals surface area contributed by atoms with Crippen molar-refractivity contribution in [3.8, 4) is 0 Å². The Morgan fingerprint density at radius 2 is 1.73 bits per heavy atom. The molecule has 0 amide bonds. The van der Waals surface area contributed by atoms with E-state index in [1.54, 1.807) is 0 Å². The van der Waals surface area contributed by atoms with E-state index in [-0.39, 0.29) is 25.8 Å². The quantitative estimate of drug-likeness (QED) is 0.564. The smallest absolute Gasteiger partial charge is 0.293 e. The van der Waals surface area contributed by atoms with Gasteiger partial charge in [0.25, 0.3) is 0 Å². The molecule has 0 saturated carbocycles. The number of carbonyl (C=O) groups is 2. The van der Waals surface area contributed by atoms with E-state index in [2.05, 4.69) is 0 Å². The maximum Gasteiger partial charge on any atom is 0.364 e. The predicted molar refractivity (Wildman–Crippen MR) is 26.6 cm³/mol. The van der Waals surface area contributed by atoms with Crippen LogP contribution >= 0.6 is 0 Å². The monoisotopic (exact) mass is 334 g/mol. The van der Waals surface area contributed by atoms with Crippen LogP contribution in [-0.2, 0) is 35.4 Å². The second-order valence-corrected chi connectivity index (χ2v) is 1.69. The first kappa shape index (κ1) is 13.6. The topological polar surface area (TPSA) is 34.1 Å². The first-order chi connectivity index (χ1) is 4.42. The van der Waals surface area contributed by atoms with Crippen molar-refractivity contribution < 1.29 is 48.6 Å². The van der Waals surface area contributed by atoms with E-state index in [4.69, 9.17) is 0 Å². The van der Waals surface area contributed by atoms with Gasteiger partial charge in [0.15, 0.2) is 6.67 Å². The molecule has 2 nitrogen and oxygen atoms in total. The molecule has 0 aromatic carbocycles. The van der Waals surface area contributed by atoms with Crippen molar-refractivity contribution in [3.05, 3.63) is 0 Å². The molecule has 0 spiro atoms. The SMILES string of the molecule is CC(=O)C(F)(F)C(=O)CF.[Hf]. The van der Waals surface area contributed by atoms with E-state index in [0.717, 1.165) is 0 Å². The van der Waals surface area contributed by atoms with Crippen molar-refractivity contribution in [3.63, 3.8) is 0 Å². The van der Waals surface area contributed by atoms with Gasteiger partial charge in [0.1, 0.15) is 0 Å². The van der Waals surface area contributed by atoms with E-state index in [9.17, 15) is 22.8 Å². The van der Waals surface area contributed by atoms with Crippen molar-refractivity contribution in [1.82, 2.24) is 0 Å². The number of ketones is 2. The average Bonchev–Trinajstić information content (AvgIpc) is 1.86. The summed E-state index contributed by atoms with van der Waals surface area (Å²) in [4.78, 5) is 19.9. The maximum absolute atomic E-state index is 12.0. The van der Waals surface area contributed by atoms with Crippen molar-refractivity contribution >= 4 is 11.6 Å². The molecule has 0 fully saturated rings. The van der Waals surface area contributed by atoms with Crippen molar-refractivity contribution in [2.45, 2.75) is 12.8 Å². The second-order valence-electron chi connectivity index (χ2n) is 1.69. The summed E-state index contributed by atoms with van der Waals surface area (Å²) in [6.45, 7) is -1.28. The van der Waals surface area contributed by atoms with Crippen LogP contribution in [0.3, 0.4) is 0 Å². The first-order valence-electron chi connectivity index (χ1n) is 2.41. The van der Waals surface area contributed by atoms with Crippen LogP contribution in [0, 0.1) is 0 Å². The fraction of sp³-hybridized carbons (Fsp3) is 0.600. The molecule has 6 heteroatoms. The Morgan fingerprint density at radius 3 is 1.82 bits per heavy atom. The molecule has 62 valence electrons. The van der Waals surface area contributed by atoms with Gasteiger partial charge >= 0.3 is 5.92 Å². The maximum atomic E-state index is 12.0. The molecule has 0 N–H and O–H groups in total. The van der Waals surface area contributed by atoms with Crippen LogP contribution in [0.1, 0.15) is 6.92 Å². The standard InChI is InChI=1S/C5H5F3O2.Hf/c1-3(9)5(7,8)4(10)2-6;/h2H2,1H3;. The van der Waals surface area contributed by atoms with Gasteiger partial charge < -0.3 is 0 Å². The summed E-state index contributed by atoms with van der Waals surface area (Å²) in [5.74, 6) is -7.76. The minimum absolute atomic E-state index is 0. The van der Waals surface area contributed by atoms with Gasteiger partial charge in [0, 0.05) is 32.8 Å². The second kappa shape index (κ2) is 4.79. The summed E-state index contributed by atoms with van der Waals surface area (Å²) in [6.07, 6.45) is 0. The third-order valence-electron chi connectivity index (χ3n) is 0.914. The Kier molecular flexibility index (Phi) is 5.92. The first-order valence-corrected chi connectivity index (χ1v) is 2.41. The number of Topliss-reactive ketones (excluding diaryl/α,β-unsaturated/α-hetero) is 2. The van der Waals surface area contributed by atoms with Gasteiger partial charge in [-0.3, -0.25) is 9.59 Å². The van der Waals surface area contributed by atoms with Crippen molar-refractivity contribution in [1.29, 1.82) is 0 Å². The number of hydrogen-bond donors (Lipinski definition) is 0. The van der Waals surface area contributed by atoms with Crippen LogP contribution < -0.4 is 0 Å². The number of carbonyl (C=O) groups excluding carboxylic acids is 2. The summed E-state index contributed by atoms with van der Waals surface area (Å²) < 4.78 is 35.3. The molecule has 0 saturated heterocycles. The largest absolute Gasteiger partial charge is 0.364 e. The zero-order chi connectivity index (χ0) is 8.36. The van der Waals surface area contributed by atoms with Crippen LogP contribution in [0.15, 0.2) is 0 Å². The zero-order valence-electron chi connectivity index (χ0n) is 5.66.